The fraction of sp³-hybridized carbons (Fsp3) is 0.400. The lowest BCUT2D eigenvalue weighted by Crippen LogP contribution is -2.38. The highest BCUT2D eigenvalue weighted by molar-refractivity contribution is 7.99. The molecule has 0 bridgehead atoms. The number of aryl methyl sites for hydroxylation is 1. The van der Waals surface area contributed by atoms with E-state index in [0.717, 1.165) is 21.8 Å². The molecule has 2 heterocycles. The van der Waals surface area contributed by atoms with Gasteiger partial charge in [0, 0.05) is 36.5 Å². The predicted octanol–water partition coefficient (Wildman–Crippen LogP) is 4.03. The third kappa shape index (κ3) is 6.21. The van der Waals surface area contributed by atoms with Crippen molar-refractivity contribution in [2.75, 3.05) is 17.6 Å². The molecular formula is C25H31N5O4S. The van der Waals surface area contributed by atoms with Gasteiger partial charge >= 0.3 is 6.03 Å². The van der Waals surface area contributed by atoms with Gasteiger partial charge in [0.05, 0.1) is 18.8 Å². The minimum Gasteiger partial charge on any atom is -0.392 e. The van der Waals surface area contributed by atoms with Crippen LogP contribution in [0.3, 0.4) is 0 Å². The van der Waals surface area contributed by atoms with E-state index in [2.05, 4.69) is 27.8 Å². The van der Waals surface area contributed by atoms with Gasteiger partial charge in [-0.2, -0.15) is 0 Å². The monoisotopic (exact) mass is 497 g/mol. The van der Waals surface area contributed by atoms with Crippen LogP contribution in [0.15, 0.2) is 60.0 Å². The summed E-state index contributed by atoms with van der Waals surface area (Å²) < 4.78 is 14.8. The first-order valence-electron chi connectivity index (χ1n) is 11.6. The first kappa shape index (κ1) is 25.2. The van der Waals surface area contributed by atoms with Crippen LogP contribution in [0.25, 0.3) is 0 Å². The molecule has 4 atom stereocenters. The molecule has 1 aliphatic heterocycles. The Balaban J connectivity index is 1.58. The highest BCUT2D eigenvalue weighted by atomic mass is 32.2. The minimum absolute atomic E-state index is 0.00450. The van der Waals surface area contributed by atoms with Crippen molar-refractivity contribution < 1.29 is 19.4 Å². The zero-order valence-corrected chi connectivity index (χ0v) is 20.9. The van der Waals surface area contributed by atoms with E-state index in [4.69, 9.17) is 9.47 Å². The number of nitrogens with one attached hydrogen (secondary N) is 2. The Kier molecular flexibility index (Phi) is 8.40. The summed E-state index contributed by atoms with van der Waals surface area (Å²) in [5.74, 6) is 0.735. The number of aliphatic hydroxyl groups is 1. The van der Waals surface area contributed by atoms with Crippen molar-refractivity contribution in [3.05, 3.63) is 71.5 Å². The van der Waals surface area contributed by atoms with Gasteiger partial charge in [-0.05, 0) is 30.2 Å². The number of aromatic nitrogens is 3. The van der Waals surface area contributed by atoms with E-state index in [0.29, 0.717) is 18.0 Å². The number of ether oxygens (including phenoxy) is 2. The summed E-state index contributed by atoms with van der Waals surface area (Å²) in [5, 5.41) is 24.0. The number of hydrogen-bond acceptors (Lipinski definition) is 7. The number of hydrogen-bond donors (Lipinski definition) is 3. The second kappa shape index (κ2) is 11.7. The predicted molar refractivity (Wildman–Crippen MR) is 134 cm³/mol. The van der Waals surface area contributed by atoms with E-state index in [-0.39, 0.29) is 30.8 Å². The van der Waals surface area contributed by atoms with Gasteiger partial charge in [0.2, 0.25) is 0 Å². The van der Waals surface area contributed by atoms with Crippen LogP contribution in [0.5, 0.6) is 0 Å². The molecule has 3 aromatic rings. The molecule has 4 rings (SSSR count). The van der Waals surface area contributed by atoms with Crippen LogP contribution in [0, 0.1) is 5.92 Å². The minimum atomic E-state index is -0.616. The molecule has 0 aliphatic carbocycles. The van der Waals surface area contributed by atoms with Gasteiger partial charge in [0.1, 0.15) is 6.33 Å². The maximum Gasteiger partial charge on any atom is 0.319 e. The van der Waals surface area contributed by atoms with Crippen LogP contribution in [0.1, 0.15) is 42.9 Å². The van der Waals surface area contributed by atoms with Gasteiger partial charge in [-0.25, -0.2) is 4.79 Å². The number of urea groups is 1. The number of carbonyl (C=O) groups is 1. The standard InChI is InChI=1S/C25H31N5O4S/c1-4-26-24(32)28-20-7-5-6-19(12-20)23-33-21(14-35-25-29-27-15-30(25)3)16(2)22(34-23)18-10-8-17(13-31)9-11-18/h5-12,15-16,21-23,31H,4,13-14H2,1-3H3,(H2,26,28,32)/t16-,21+,22+,23+/m1/s1. The Morgan fingerprint density at radius 2 is 1.97 bits per heavy atom. The summed E-state index contributed by atoms with van der Waals surface area (Å²) in [7, 11) is 1.91. The second-order valence-corrected chi connectivity index (χ2v) is 9.45. The number of rotatable bonds is 8. The number of amides is 2. The third-order valence-electron chi connectivity index (χ3n) is 5.92. The number of anilines is 1. The van der Waals surface area contributed by atoms with Crippen molar-refractivity contribution in [2.45, 2.75) is 44.1 Å². The van der Waals surface area contributed by atoms with Gasteiger partial charge in [-0.15, -0.1) is 10.2 Å². The summed E-state index contributed by atoms with van der Waals surface area (Å²) in [4.78, 5) is 12.0. The Bertz CT molecular complexity index is 1120. The van der Waals surface area contributed by atoms with E-state index in [9.17, 15) is 9.90 Å². The molecule has 2 amide bonds. The van der Waals surface area contributed by atoms with Gasteiger partial charge in [-0.1, -0.05) is 55.1 Å². The number of aliphatic hydroxyl groups excluding tert-OH is 1. The summed E-state index contributed by atoms with van der Waals surface area (Å²) in [6.07, 6.45) is 0.720. The van der Waals surface area contributed by atoms with Crippen LogP contribution in [0.2, 0.25) is 0 Å². The molecule has 1 aliphatic rings. The molecule has 0 spiro atoms. The van der Waals surface area contributed by atoms with Crippen molar-refractivity contribution in [1.29, 1.82) is 0 Å². The SMILES string of the molecule is CCNC(=O)Nc1cccc([C@H]2O[C@@H](CSc3nncn3C)[C@@H](C)[C@@H](c3ccc(CO)cc3)O2)c1. The molecule has 2 aromatic carbocycles. The molecular weight excluding hydrogens is 466 g/mol. The van der Waals surface area contributed by atoms with E-state index < -0.39 is 6.29 Å². The van der Waals surface area contributed by atoms with Crippen LogP contribution in [0.4, 0.5) is 10.5 Å². The first-order valence-corrected chi connectivity index (χ1v) is 12.6. The van der Waals surface area contributed by atoms with Crippen LogP contribution >= 0.6 is 11.8 Å². The molecule has 0 saturated carbocycles. The fourth-order valence-corrected chi connectivity index (χ4v) is 5.02. The van der Waals surface area contributed by atoms with Crippen LogP contribution in [-0.2, 0) is 23.1 Å². The zero-order chi connectivity index (χ0) is 24.8. The number of thioether (sulfide) groups is 1. The molecule has 10 heteroatoms. The molecule has 3 N–H and O–H groups in total. The normalized spacial score (nSPS) is 22.1. The number of benzene rings is 2. The van der Waals surface area contributed by atoms with E-state index in [1.165, 1.54) is 0 Å². The summed E-state index contributed by atoms with van der Waals surface area (Å²) in [6.45, 7) is 4.53. The first-order chi connectivity index (χ1) is 17.0. The lowest BCUT2D eigenvalue weighted by molar-refractivity contribution is -0.268. The van der Waals surface area contributed by atoms with Gasteiger partial charge in [-0.3, -0.25) is 0 Å². The quantitative estimate of drug-likeness (QED) is 0.403. The highest BCUT2D eigenvalue weighted by Gasteiger charge is 2.38. The molecule has 0 radical (unpaired) electrons. The van der Waals surface area contributed by atoms with Crippen molar-refractivity contribution in [1.82, 2.24) is 20.1 Å². The Morgan fingerprint density at radius 3 is 2.66 bits per heavy atom. The topological polar surface area (TPSA) is 111 Å². The molecule has 35 heavy (non-hydrogen) atoms. The lowest BCUT2D eigenvalue weighted by Gasteiger charge is -2.41. The Labute approximate surface area is 209 Å². The number of carbonyl (C=O) groups excluding carboxylic acids is 1. The molecule has 1 saturated heterocycles. The average molecular weight is 498 g/mol. The van der Waals surface area contributed by atoms with Gasteiger partial charge in [0.15, 0.2) is 11.4 Å². The summed E-state index contributed by atoms with van der Waals surface area (Å²) >= 11 is 1.59. The van der Waals surface area contributed by atoms with Gasteiger partial charge in [0.25, 0.3) is 0 Å². The Hall–Kier alpha value is -2.92. The lowest BCUT2D eigenvalue weighted by atomic mass is 9.91. The van der Waals surface area contributed by atoms with Crippen LogP contribution < -0.4 is 10.6 Å². The van der Waals surface area contributed by atoms with E-state index >= 15 is 0 Å². The largest absolute Gasteiger partial charge is 0.392 e. The molecule has 0 unspecified atom stereocenters. The van der Waals surface area contributed by atoms with E-state index in [1.807, 2.05) is 67.1 Å². The van der Waals surface area contributed by atoms with Gasteiger partial charge < -0.3 is 29.8 Å². The summed E-state index contributed by atoms with van der Waals surface area (Å²) in [5.41, 5.74) is 3.35. The van der Waals surface area contributed by atoms with Crippen molar-refractivity contribution in [2.24, 2.45) is 13.0 Å². The smallest absolute Gasteiger partial charge is 0.319 e. The van der Waals surface area contributed by atoms with Crippen molar-refractivity contribution in [3.8, 4) is 0 Å². The molecule has 9 nitrogen and oxygen atoms in total. The summed E-state index contributed by atoms with van der Waals surface area (Å²) in [6, 6.07) is 15.1. The van der Waals surface area contributed by atoms with E-state index in [1.54, 1.807) is 18.1 Å². The second-order valence-electron chi connectivity index (χ2n) is 8.47. The zero-order valence-electron chi connectivity index (χ0n) is 20.0. The Morgan fingerprint density at radius 1 is 1.17 bits per heavy atom. The molecule has 1 fully saturated rings. The maximum absolute atomic E-state index is 12.0. The molecule has 1 aromatic heterocycles. The fourth-order valence-electron chi connectivity index (χ4n) is 3.97. The number of nitrogens with zero attached hydrogens (tertiary/aromatic N) is 3. The van der Waals surface area contributed by atoms with Crippen molar-refractivity contribution in [3.63, 3.8) is 0 Å². The highest BCUT2D eigenvalue weighted by Crippen LogP contribution is 2.43. The van der Waals surface area contributed by atoms with Crippen molar-refractivity contribution >= 4 is 23.5 Å². The average Bonchev–Trinajstić information content (AvgIpc) is 3.28. The molecule has 186 valence electrons. The maximum atomic E-state index is 12.0. The third-order valence-corrected chi connectivity index (χ3v) is 7.05. The van der Waals surface area contributed by atoms with Crippen LogP contribution in [-0.4, -0.2) is 44.3 Å².